The van der Waals surface area contributed by atoms with Gasteiger partial charge in [0.15, 0.2) is 11.9 Å². The van der Waals surface area contributed by atoms with Gasteiger partial charge in [0, 0.05) is 17.7 Å². The van der Waals surface area contributed by atoms with Crippen LogP contribution in [0.25, 0.3) is 0 Å². The highest BCUT2D eigenvalue weighted by Gasteiger charge is 2.33. The van der Waals surface area contributed by atoms with E-state index in [4.69, 9.17) is 4.74 Å². The molecule has 30 heavy (non-hydrogen) atoms. The third-order valence-corrected chi connectivity index (χ3v) is 5.27. The van der Waals surface area contributed by atoms with Crippen molar-refractivity contribution in [2.24, 2.45) is 0 Å². The second-order valence-corrected chi connectivity index (χ2v) is 7.55. The Morgan fingerprint density at radius 1 is 1.17 bits per heavy atom. The molecule has 6 heteroatoms. The molecule has 3 rings (SSSR count). The molecular formula is C24H28N2O4. The number of ether oxygens (including phenoxy) is 1. The summed E-state index contributed by atoms with van der Waals surface area (Å²) in [5.74, 6) is -0.104. The molecule has 1 heterocycles. The van der Waals surface area contributed by atoms with Crippen LogP contribution in [-0.2, 0) is 16.0 Å². The first-order chi connectivity index (χ1) is 14.3. The Balaban J connectivity index is 1.88. The fourth-order valence-electron chi connectivity index (χ4n) is 3.64. The monoisotopic (exact) mass is 408 g/mol. The summed E-state index contributed by atoms with van der Waals surface area (Å²) in [7, 11) is 0. The topological polar surface area (TPSA) is 75.7 Å². The predicted molar refractivity (Wildman–Crippen MR) is 117 cm³/mol. The van der Waals surface area contributed by atoms with Gasteiger partial charge in [-0.2, -0.15) is 0 Å². The van der Waals surface area contributed by atoms with Crippen molar-refractivity contribution >= 4 is 29.0 Å². The van der Waals surface area contributed by atoms with E-state index in [1.54, 1.807) is 25.1 Å². The van der Waals surface area contributed by atoms with Crippen LogP contribution in [0.5, 0.6) is 5.75 Å². The lowest BCUT2D eigenvalue weighted by Gasteiger charge is -2.33. The first-order valence-corrected chi connectivity index (χ1v) is 10.4. The fraction of sp³-hybridized carbons (Fsp3) is 0.375. The average molecular weight is 408 g/mol. The Morgan fingerprint density at radius 3 is 2.63 bits per heavy atom. The molecule has 0 saturated heterocycles. The van der Waals surface area contributed by atoms with Crippen LogP contribution in [0.1, 0.15) is 55.1 Å². The number of para-hydroxylation sites is 1. The van der Waals surface area contributed by atoms with Crippen LogP contribution in [0.15, 0.2) is 36.4 Å². The smallest absolute Gasteiger partial charge is 0.268 e. The van der Waals surface area contributed by atoms with Gasteiger partial charge in [-0.3, -0.25) is 19.3 Å². The van der Waals surface area contributed by atoms with Crippen LogP contribution in [0.2, 0.25) is 0 Å². The van der Waals surface area contributed by atoms with E-state index in [2.05, 4.69) is 5.32 Å². The molecule has 2 aromatic carbocycles. The van der Waals surface area contributed by atoms with E-state index in [9.17, 15) is 14.4 Å². The van der Waals surface area contributed by atoms with E-state index < -0.39 is 6.10 Å². The number of nitrogens with one attached hydrogen (secondary N) is 1. The normalized spacial score (nSPS) is 15.4. The Bertz CT molecular complexity index is 983. The number of carbonyl (C=O) groups is 3. The summed E-state index contributed by atoms with van der Waals surface area (Å²) in [5.41, 5.74) is 3.76. The zero-order valence-electron chi connectivity index (χ0n) is 18.0. The number of hydrogen-bond donors (Lipinski definition) is 1. The van der Waals surface area contributed by atoms with E-state index in [1.807, 2.05) is 39.0 Å². The van der Waals surface area contributed by atoms with Gasteiger partial charge in [0.1, 0.15) is 12.3 Å². The number of amides is 2. The zero-order valence-corrected chi connectivity index (χ0v) is 18.0. The minimum Gasteiger partial charge on any atom is -0.479 e. The van der Waals surface area contributed by atoms with Crippen molar-refractivity contribution in [3.05, 3.63) is 53.1 Å². The molecule has 0 spiro atoms. The van der Waals surface area contributed by atoms with E-state index in [0.29, 0.717) is 23.4 Å². The van der Waals surface area contributed by atoms with Crippen molar-refractivity contribution in [3.63, 3.8) is 0 Å². The average Bonchev–Trinajstić information content (AvgIpc) is 2.72. The lowest BCUT2D eigenvalue weighted by molar-refractivity contribution is -0.127. The Kier molecular flexibility index (Phi) is 6.55. The van der Waals surface area contributed by atoms with Gasteiger partial charge in [0.25, 0.3) is 5.91 Å². The number of carbonyl (C=O) groups excluding carboxylic acids is 3. The number of fused-ring (bicyclic) bond motifs is 1. The lowest BCUT2D eigenvalue weighted by Crippen LogP contribution is -2.47. The number of ketones is 1. The van der Waals surface area contributed by atoms with E-state index in [1.165, 1.54) is 4.90 Å². The summed E-state index contributed by atoms with van der Waals surface area (Å²) in [5, 5.41) is 2.96. The summed E-state index contributed by atoms with van der Waals surface area (Å²) in [6, 6.07) is 10.9. The summed E-state index contributed by atoms with van der Waals surface area (Å²) in [6.07, 6.45) is 1.26. The number of Topliss-reactive ketones (excluding diaryl/α,β-unsaturated/α-hetero) is 1. The number of rotatable bonds is 7. The standard InChI is InChI=1S/C24H28N2O4/c1-5-8-20(27)18-11-12-21-19(13-18)26(24(29)16(4)30-21)14-22(28)25-23-15(3)9-7-10-17(23)6-2/h7,9-13,16H,5-6,8,14H2,1-4H3,(H,25,28). The summed E-state index contributed by atoms with van der Waals surface area (Å²) in [6.45, 7) is 7.42. The molecule has 1 unspecified atom stereocenters. The molecule has 0 fully saturated rings. The van der Waals surface area contributed by atoms with Crippen molar-refractivity contribution in [1.82, 2.24) is 0 Å². The summed E-state index contributed by atoms with van der Waals surface area (Å²) >= 11 is 0. The van der Waals surface area contributed by atoms with Gasteiger partial charge < -0.3 is 10.1 Å². The highest BCUT2D eigenvalue weighted by Crippen LogP contribution is 2.35. The molecule has 0 saturated carbocycles. The van der Waals surface area contributed by atoms with Crippen molar-refractivity contribution in [2.75, 3.05) is 16.8 Å². The number of anilines is 2. The maximum atomic E-state index is 12.9. The molecule has 1 aliphatic rings. The number of aryl methyl sites for hydroxylation is 2. The minimum atomic E-state index is -0.702. The lowest BCUT2D eigenvalue weighted by atomic mass is 10.0. The van der Waals surface area contributed by atoms with Crippen LogP contribution in [0.3, 0.4) is 0 Å². The largest absolute Gasteiger partial charge is 0.479 e. The van der Waals surface area contributed by atoms with Gasteiger partial charge in [-0.1, -0.05) is 32.0 Å². The number of benzene rings is 2. The summed E-state index contributed by atoms with van der Waals surface area (Å²) < 4.78 is 5.69. The Labute approximate surface area is 177 Å². The van der Waals surface area contributed by atoms with E-state index in [-0.39, 0.29) is 24.1 Å². The zero-order chi connectivity index (χ0) is 21.8. The Morgan fingerprint density at radius 2 is 1.93 bits per heavy atom. The quantitative estimate of drug-likeness (QED) is 0.694. The van der Waals surface area contributed by atoms with Crippen LogP contribution in [-0.4, -0.2) is 30.2 Å². The van der Waals surface area contributed by atoms with Crippen LogP contribution in [0, 0.1) is 6.92 Å². The van der Waals surface area contributed by atoms with Gasteiger partial charge in [0.05, 0.1) is 5.69 Å². The highest BCUT2D eigenvalue weighted by atomic mass is 16.5. The second-order valence-electron chi connectivity index (χ2n) is 7.55. The molecule has 0 radical (unpaired) electrons. The first-order valence-electron chi connectivity index (χ1n) is 10.4. The first kappa shape index (κ1) is 21.6. The summed E-state index contributed by atoms with van der Waals surface area (Å²) in [4.78, 5) is 39.4. The Hall–Kier alpha value is -3.15. The molecule has 0 aromatic heterocycles. The van der Waals surface area contributed by atoms with Gasteiger partial charge in [-0.25, -0.2) is 0 Å². The van der Waals surface area contributed by atoms with Crippen molar-refractivity contribution in [3.8, 4) is 5.75 Å². The maximum absolute atomic E-state index is 12.9. The third-order valence-electron chi connectivity index (χ3n) is 5.27. The van der Waals surface area contributed by atoms with Crippen molar-refractivity contribution in [1.29, 1.82) is 0 Å². The third kappa shape index (κ3) is 4.37. The van der Waals surface area contributed by atoms with Crippen LogP contribution in [0.4, 0.5) is 11.4 Å². The van der Waals surface area contributed by atoms with Gasteiger partial charge >= 0.3 is 0 Å². The molecular weight excluding hydrogens is 380 g/mol. The van der Waals surface area contributed by atoms with Crippen LogP contribution >= 0.6 is 0 Å². The van der Waals surface area contributed by atoms with Crippen LogP contribution < -0.4 is 15.0 Å². The molecule has 0 bridgehead atoms. The van der Waals surface area contributed by atoms with Crippen molar-refractivity contribution < 1.29 is 19.1 Å². The molecule has 1 aliphatic heterocycles. The molecule has 158 valence electrons. The fourth-order valence-corrected chi connectivity index (χ4v) is 3.64. The molecule has 1 N–H and O–H groups in total. The number of nitrogens with zero attached hydrogens (tertiary/aromatic N) is 1. The minimum absolute atomic E-state index is 0.00303. The molecule has 2 aromatic rings. The SMILES string of the molecule is CCCC(=O)c1ccc2c(c1)N(CC(=O)Nc1c(C)cccc1CC)C(=O)C(C)O2. The van der Waals surface area contributed by atoms with Crippen molar-refractivity contribution in [2.45, 2.75) is 53.1 Å². The van der Waals surface area contributed by atoms with Gasteiger partial charge in [0.2, 0.25) is 5.91 Å². The molecule has 0 aliphatic carbocycles. The predicted octanol–water partition coefficient (Wildman–Crippen LogP) is 4.29. The molecule has 2 amide bonds. The second kappa shape index (κ2) is 9.11. The van der Waals surface area contributed by atoms with E-state index >= 15 is 0 Å². The van der Waals surface area contributed by atoms with Gasteiger partial charge in [-0.05, 0) is 56.0 Å². The number of hydrogen-bond acceptors (Lipinski definition) is 4. The molecule has 1 atom stereocenters. The maximum Gasteiger partial charge on any atom is 0.268 e. The van der Waals surface area contributed by atoms with Gasteiger partial charge in [-0.15, -0.1) is 0 Å². The molecule has 6 nitrogen and oxygen atoms in total. The van der Waals surface area contributed by atoms with E-state index in [0.717, 1.165) is 29.7 Å². The highest BCUT2D eigenvalue weighted by molar-refractivity contribution is 6.07.